The normalized spacial score (nSPS) is 10.8. The molecule has 0 radical (unpaired) electrons. The number of aryl methyl sites for hydroxylation is 1. The lowest BCUT2D eigenvalue weighted by Crippen LogP contribution is -2.24. The third-order valence-electron chi connectivity index (χ3n) is 4.20. The lowest BCUT2D eigenvalue weighted by Gasteiger charge is -2.11. The molecule has 0 aliphatic heterocycles. The van der Waals surface area contributed by atoms with Gasteiger partial charge in [0.05, 0.1) is 18.6 Å². The third kappa shape index (κ3) is 4.55. The first kappa shape index (κ1) is 18.9. The van der Waals surface area contributed by atoms with E-state index in [1.54, 1.807) is 24.7 Å². The lowest BCUT2D eigenvalue weighted by atomic mass is 10.2. The number of pyridine rings is 1. The van der Waals surface area contributed by atoms with Crippen LogP contribution in [0.4, 0.5) is 0 Å². The van der Waals surface area contributed by atoms with Gasteiger partial charge >= 0.3 is 0 Å². The minimum absolute atomic E-state index is 0.101. The predicted molar refractivity (Wildman–Crippen MR) is 111 cm³/mol. The Bertz CT molecular complexity index is 1090. The monoisotopic (exact) mass is 405 g/mol. The predicted octanol–water partition coefficient (Wildman–Crippen LogP) is 3.64. The number of amides is 1. The largest absolute Gasteiger partial charge is 0.467 e. The van der Waals surface area contributed by atoms with Crippen LogP contribution in [-0.2, 0) is 11.3 Å². The van der Waals surface area contributed by atoms with Gasteiger partial charge in [0.1, 0.15) is 5.76 Å². The van der Waals surface area contributed by atoms with Crippen molar-refractivity contribution in [2.45, 2.75) is 18.6 Å². The molecule has 0 saturated heterocycles. The van der Waals surface area contributed by atoms with Crippen molar-refractivity contribution in [1.29, 1.82) is 0 Å². The molecule has 0 saturated carbocycles. The van der Waals surface area contributed by atoms with Crippen LogP contribution in [0.5, 0.6) is 0 Å². The average molecular weight is 405 g/mol. The van der Waals surface area contributed by atoms with Crippen LogP contribution in [0.1, 0.15) is 11.3 Å². The van der Waals surface area contributed by atoms with E-state index in [4.69, 9.17) is 4.42 Å². The summed E-state index contributed by atoms with van der Waals surface area (Å²) in [4.78, 5) is 16.3. The van der Waals surface area contributed by atoms with E-state index in [-0.39, 0.29) is 11.7 Å². The summed E-state index contributed by atoms with van der Waals surface area (Å²) in [5, 5.41) is 12.2. The van der Waals surface area contributed by atoms with Crippen molar-refractivity contribution < 1.29 is 9.21 Å². The molecule has 0 atom stereocenters. The Kier molecular flexibility index (Phi) is 5.71. The highest BCUT2D eigenvalue weighted by Gasteiger charge is 2.17. The number of hydrogen-bond donors (Lipinski definition) is 1. The summed E-state index contributed by atoms with van der Waals surface area (Å²) in [6.45, 7) is 2.40. The van der Waals surface area contributed by atoms with Crippen LogP contribution in [0.3, 0.4) is 0 Å². The van der Waals surface area contributed by atoms with Crippen LogP contribution in [0.15, 0.2) is 76.8 Å². The Morgan fingerprint density at radius 1 is 1.14 bits per heavy atom. The summed E-state index contributed by atoms with van der Waals surface area (Å²) >= 11 is 1.34. The van der Waals surface area contributed by atoms with Crippen molar-refractivity contribution in [3.63, 3.8) is 0 Å². The van der Waals surface area contributed by atoms with Crippen molar-refractivity contribution in [3.8, 4) is 17.1 Å². The number of nitrogens with zero attached hydrogens (tertiary/aromatic N) is 4. The number of benzene rings is 1. The summed E-state index contributed by atoms with van der Waals surface area (Å²) < 4.78 is 7.20. The van der Waals surface area contributed by atoms with Crippen LogP contribution in [-0.4, -0.2) is 31.4 Å². The molecule has 0 unspecified atom stereocenters. The molecular formula is C21H19N5O2S. The Morgan fingerprint density at radius 2 is 2.00 bits per heavy atom. The van der Waals surface area contributed by atoms with Gasteiger partial charge in [0.15, 0.2) is 11.0 Å². The minimum Gasteiger partial charge on any atom is -0.467 e. The number of hydrogen-bond acceptors (Lipinski definition) is 6. The second kappa shape index (κ2) is 8.74. The van der Waals surface area contributed by atoms with Crippen molar-refractivity contribution in [2.75, 3.05) is 5.75 Å². The number of rotatable bonds is 7. The number of nitrogens with one attached hydrogen (secondary N) is 1. The molecule has 0 aliphatic carbocycles. The second-order valence-corrected chi connectivity index (χ2v) is 7.30. The molecule has 1 amide bonds. The van der Waals surface area contributed by atoms with E-state index in [9.17, 15) is 4.79 Å². The van der Waals surface area contributed by atoms with Crippen LogP contribution in [0.2, 0.25) is 0 Å². The molecule has 0 bridgehead atoms. The van der Waals surface area contributed by atoms with Crippen molar-refractivity contribution in [2.24, 2.45) is 0 Å². The summed E-state index contributed by atoms with van der Waals surface area (Å²) in [5.41, 5.74) is 2.98. The fourth-order valence-electron chi connectivity index (χ4n) is 2.83. The molecule has 7 nitrogen and oxygen atoms in total. The summed E-state index contributed by atoms with van der Waals surface area (Å²) in [7, 11) is 0. The van der Waals surface area contributed by atoms with E-state index >= 15 is 0 Å². The van der Waals surface area contributed by atoms with E-state index in [0.29, 0.717) is 23.3 Å². The third-order valence-corrected chi connectivity index (χ3v) is 5.13. The maximum atomic E-state index is 12.3. The summed E-state index contributed by atoms with van der Waals surface area (Å²) in [6.07, 6.45) is 5.03. The van der Waals surface area contributed by atoms with Gasteiger partial charge in [0.2, 0.25) is 5.91 Å². The van der Waals surface area contributed by atoms with Crippen molar-refractivity contribution in [3.05, 3.63) is 78.5 Å². The van der Waals surface area contributed by atoms with Crippen LogP contribution >= 0.6 is 11.8 Å². The number of carbonyl (C=O) groups excluding carboxylic acids is 1. The zero-order valence-corrected chi connectivity index (χ0v) is 16.6. The van der Waals surface area contributed by atoms with Gasteiger partial charge < -0.3 is 9.73 Å². The zero-order valence-electron chi connectivity index (χ0n) is 15.8. The maximum absolute atomic E-state index is 12.3. The van der Waals surface area contributed by atoms with Gasteiger partial charge in [-0.05, 0) is 48.9 Å². The Morgan fingerprint density at radius 3 is 2.76 bits per heavy atom. The first-order valence-electron chi connectivity index (χ1n) is 9.05. The molecule has 3 aromatic heterocycles. The maximum Gasteiger partial charge on any atom is 0.230 e. The van der Waals surface area contributed by atoms with E-state index in [2.05, 4.69) is 26.6 Å². The number of carbonyl (C=O) groups is 1. The number of furan rings is 1. The molecule has 1 aromatic carbocycles. The number of aromatic nitrogens is 4. The average Bonchev–Trinajstić information content (AvgIpc) is 3.41. The topological polar surface area (TPSA) is 85.8 Å². The van der Waals surface area contributed by atoms with E-state index in [0.717, 1.165) is 16.8 Å². The van der Waals surface area contributed by atoms with Gasteiger partial charge in [-0.1, -0.05) is 23.9 Å². The van der Waals surface area contributed by atoms with Gasteiger partial charge in [-0.2, -0.15) is 0 Å². The second-order valence-electron chi connectivity index (χ2n) is 6.36. The van der Waals surface area contributed by atoms with E-state index in [1.165, 1.54) is 11.8 Å². The molecule has 146 valence electrons. The fraction of sp³-hybridized carbons (Fsp3) is 0.143. The first-order chi connectivity index (χ1) is 14.2. The van der Waals surface area contributed by atoms with Crippen molar-refractivity contribution >= 4 is 17.7 Å². The Hall–Kier alpha value is -3.39. The van der Waals surface area contributed by atoms with Gasteiger partial charge in [0, 0.05) is 23.6 Å². The Labute approximate surface area is 172 Å². The molecule has 0 fully saturated rings. The quantitative estimate of drug-likeness (QED) is 0.473. The highest BCUT2D eigenvalue weighted by atomic mass is 32.2. The highest BCUT2D eigenvalue weighted by molar-refractivity contribution is 7.99. The first-order valence-corrected chi connectivity index (χ1v) is 10.0. The molecule has 8 heteroatoms. The molecule has 1 N–H and O–H groups in total. The standard InChI is InChI=1S/C21H19N5O2S/c1-15-4-2-5-17(12-15)26-20(16-7-9-22-10-8-16)24-25-21(26)29-14-19(27)23-13-18-6-3-11-28-18/h2-12H,13-14H2,1H3,(H,23,27). The molecule has 3 heterocycles. The smallest absolute Gasteiger partial charge is 0.230 e. The fourth-order valence-corrected chi connectivity index (χ4v) is 3.61. The Balaban J connectivity index is 1.56. The molecule has 0 spiro atoms. The van der Waals surface area contributed by atoms with Crippen LogP contribution in [0.25, 0.3) is 17.1 Å². The summed E-state index contributed by atoms with van der Waals surface area (Å²) in [5.74, 6) is 1.54. The molecule has 4 aromatic rings. The molecule has 4 rings (SSSR count). The summed E-state index contributed by atoms with van der Waals surface area (Å²) in [6, 6.07) is 15.5. The van der Waals surface area contributed by atoms with Gasteiger partial charge in [-0.3, -0.25) is 14.3 Å². The van der Waals surface area contributed by atoms with Gasteiger partial charge in [-0.25, -0.2) is 0 Å². The van der Waals surface area contributed by atoms with Crippen molar-refractivity contribution in [1.82, 2.24) is 25.1 Å². The zero-order chi connectivity index (χ0) is 20.1. The lowest BCUT2D eigenvalue weighted by molar-refractivity contribution is -0.118. The molecular weight excluding hydrogens is 386 g/mol. The van der Waals surface area contributed by atoms with E-state index in [1.807, 2.05) is 47.9 Å². The SMILES string of the molecule is Cc1cccc(-n2c(SCC(=O)NCc3ccco3)nnc2-c2ccncc2)c1. The minimum atomic E-state index is -0.101. The van der Waals surface area contributed by atoms with Gasteiger partial charge in [0.25, 0.3) is 0 Å². The van der Waals surface area contributed by atoms with Crippen LogP contribution < -0.4 is 5.32 Å². The van der Waals surface area contributed by atoms with Crippen LogP contribution in [0, 0.1) is 6.92 Å². The van der Waals surface area contributed by atoms with E-state index < -0.39 is 0 Å². The van der Waals surface area contributed by atoms with Gasteiger partial charge in [-0.15, -0.1) is 10.2 Å². The number of thioether (sulfide) groups is 1. The molecule has 0 aliphatic rings. The molecule has 29 heavy (non-hydrogen) atoms. The highest BCUT2D eigenvalue weighted by Crippen LogP contribution is 2.28.